The third kappa shape index (κ3) is 3.11. The van der Waals surface area contributed by atoms with Crippen molar-refractivity contribution in [3.63, 3.8) is 0 Å². The smallest absolute Gasteiger partial charge is 0.139 e. The number of ketones is 1. The molecular weight excluding hydrogens is 364 g/mol. The second-order valence-corrected chi connectivity index (χ2v) is 10.9. The molecule has 5 heteroatoms. The summed E-state index contributed by atoms with van der Waals surface area (Å²) in [5.41, 5.74) is 4.77. The summed E-state index contributed by atoms with van der Waals surface area (Å²) in [7, 11) is 1.88. The van der Waals surface area contributed by atoms with Crippen LogP contribution in [0.5, 0.6) is 0 Å². The summed E-state index contributed by atoms with van der Waals surface area (Å²) in [6.45, 7) is 6.77. The first kappa shape index (κ1) is 20.0. The first-order valence-corrected chi connectivity index (χ1v) is 11.8. The number of hydroxylamine groups is 1. The molecule has 29 heavy (non-hydrogen) atoms. The van der Waals surface area contributed by atoms with Gasteiger partial charge in [0.15, 0.2) is 0 Å². The molecule has 1 unspecified atom stereocenters. The molecule has 1 saturated heterocycles. The summed E-state index contributed by atoms with van der Waals surface area (Å²) in [4.78, 5) is 18.7. The molecule has 8 atom stereocenters. The highest BCUT2D eigenvalue weighted by molar-refractivity contribution is 5.87. The molecule has 5 rings (SSSR count). The van der Waals surface area contributed by atoms with Crippen LogP contribution in [0.4, 0.5) is 0 Å². The molecule has 5 nitrogen and oxygen atoms in total. The lowest BCUT2D eigenvalue weighted by Crippen LogP contribution is -2.57. The number of methoxy groups -OCH3 is 1. The summed E-state index contributed by atoms with van der Waals surface area (Å²) in [6, 6.07) is 0. The Bertz CT molecular complexity index is 688. The Hall–Kier alpha value is -0.910. The zero-order valence-electron chi connectivity index (χ0n) is 18.3. The van der Waals surface area contributed by atoms with Crippen molar-refractivity contribution in [1.82, 2.24) is 10.8 Å². The number of carbonyl (C=O) groups is 1. The van der Waals surface area contributed by atoms with Crippen LogP contribution in [0.2, 0.25) is 0 Å². The van der Waals surface area contributed by atoms with Crippen LogP contribution >= 0.6 is 0 Å². The second-order valence-electron chi connectivity index (χ2n) is 10.9. The van der Waals surface area contributed by atoms with Crippen LogP contribution in [-0.2, 0) is 14.4 Å². The molecule has 162 valence electrons. The van der Waals surface area contributed by atoms with E-state index >= 15 is 0 Å². The van der Waals surface area contributed by atoms with Gasteiger partial charge in [0.1, 0.15) is 5.78 Å². The fraction of sp³-hybridized carbons (Fsp3) is 0.875. The largest absolute Gasteiger partial charge is 0.381 e. The first-order chi connectivity index (χ1) is 14.0. The Kier molecular flexibility index (Phi) is 5.07. The summed E-state index contributed by atoms with van der Waals surface area (Å²) in [5, 5.41) is 3.36. The summed E-state index contributed by atoms with van der Waals surface area (Å²) in [5.74, 6) is 2.75. The minimum Gasteiger partial charge on any atom is -0.381 e. The third-order valence-electron chi connectivity index (χ3n) is 9.66. The monoisotopic (exact) mass is 402 g/mol. The molecular formula is C24H38N2O3. The van der Waals surface area contributed by atoms with Gasteiger partial charge in [0, 0.05) is 31.2 Å². The molecule has 0 spiro atoms. The Morgan fingerprint density at radius 1 is 1.14 bits per heavy atom. The molecule has 0 radical (unpaired) electrons. The lowest BCUT2D eigenvalue weighted by Gasteiger charge is -2.60. The maximum atomic E-state index is 12.7. The van der Waals surface area contributed by atoms with Gasteiger partial charge in [-0.15, -0.1) is 0 Å². The molecule has 0 aromatic heterocycles. The van der Waals surface area contributed by atoms with E-state index in [1.54, 1.807) is 0 Å². The van der Waals surface area contributed by atoms with Crippen molar-refractivity contribution < 1.29 is 14.4 Å². The van der Waals surface area contributed by atoms with Gasteiger partial charge in [-0.3, -0.25) is 15.1 Å². The van der Waals surface area contributed by atoms with Crippen molar-refractivity contribution in [2.45, 2.75) is 77.4 Å². The number of hydrogen-bond acceptors (Lipinski definition) is 5. The molecule has 1 heterocycles. The van der Waals surface area contributed by atoms with Gasteiger partial charge < -0.3 is 10.1 Å². The number of fused-ring (bicyclic) bond motifs is 5. The third-order valence-corrected chi connectivity index (χ3v) is 9.66. The van der Waals surface area contributed by atoms with Crippen LogP contribution in [-0.4, -0.2) is 38.2 Å². The van der Waals surface area contributed by atoms with Gasteiger partial charge in [-0.1, -0.05) is 19.9 Å². The van der Waals surface area contributed by atoms with Crippen LogP contribution in [0.15, 0.2) is 11.8 Å². The summed E-state index contributed by atoms with van der Waals surface area (Å²) < 4.78 is 6.12. The number of rotatable bonds is 4. The highest BCUT2D eigenvalue weighted by atomic mass is 16.7. The number of nitrogens with one attached hydrogen (secondary N) is 2. The van der Waals surface area contributed by atoms with Gasteiger partial charge in [-0.25, -0.2) is 0 Å². The number of hydrogen-bond donors (Lipinski definition) is 2. The number of Topliss-reactive ketones (excluding diaryl/α,β-unsaturated/α-hetero) is 1. The summed E-state index contributed by atoms with van der Waals surface area (Å²) >= 11 is 0. The Morgan fingerprint density at radius 3 is 2.76 bits per heavy atom. The average molecular weight is 403 g/mol. The standard InChI is InChI=1S/C24H38N2O3/c1-23-9-6-16(26-29-17-8-11-25-14-17)12-15(23)13-20(28-3)22-18-4-5-21(27)24(18,2)10-7-19(22)23/h12,15,17-20,22,25-26H,4-11,13-14H2,1-3H3/t15?,17-,18+,19+,20-,22+,23+,24+/m1/s1. The fourth-order valence-electron chi connectivity index (χ4n) is 7.79. The lowest BCUT2D eigenvalue weighted by atomic mass is 9.45. The van der Waals surface area contributed by atoms with Crippen LogP contribution in [0.1, 0.15) is 65.2 Å². The van der Waals surface area contributed by atoms with E-state index < -0.39 is 0 Å². The second kappa shape index (κ2) is 7.35. The van der Waals surface area contributed by atoms with Crippen molar-refractivity contribution in [2.24, 2.45) is 34.5 Å². The number of ether oxygens (including phenoxy) is 1. The molecule has 0 aromatic rings. The maximum absolute atomic E-state index is 12.7. The van der Waals surface area contributed by atoms with E-state index in [1.807, 2.05) is 7.11 Å². The van der Waals surface area contributed by atoms with E-state index in [0.717, 1.165) is 51.6 Å². The van der Waals surface area contributed by atoms with E-state index in [4.69, 9.17) is 9.57 Å². The van der Waals surface area contributed by atoms with Crippen molar-refractivity contribution in [3.8, 4) is 0 Å². The zero-order chi connectivity index (χ0) is 20.2. The Morgan fingerprint density at radius 2 is 2.00 bits per heavy atom. The summed E-state index contributed by atoms with van der Waals surface area (Å²) in [6.07, 6.45) is 11.5. The predicted octanol–water partition coefficient (Wildman–Crippen LogP) is 3.60. The van der Waals surface area contributed by atoms with Crippen LogP contribution < -0.4 is 10.8 Å². The fourth-order valence-corrected chi connectivity index (χ4v) is 7.79. The average Bonchev–Trinajstić information content (AvgIpc) is 3.34. The molecule has 4 aliphatic carbocycles. The Labute approximate surface area is 175 Å². The van der Waals surface area contributed by atoms with Gasteiger partial charge in [0.2, 0.25) is 0 Å². The molecule has 1 aliphatic heterocycles. The SMILES string of the molecule is CO[C@@H]1CC2C=C(NO[C@@H]3CCNC3)CC[C@]2(C)[C@H]2CC[C@]3(C)C(=O)CC[C@H]3[C@H]12. The van der Waals surface area contributed by atoms with E-state index in [0.29, 0.717) is 34.9 Å². The van der Waals surface area contributed by atoms with E-state index in [2.05, 4.69) is 30.7 Å². The Balaban J connectivity index is 1.37. The van der Waals surface area contributed by atoms with Gasteiger partial charge in [0.25, 0.3) is 0 Å². The van der Waals surface area contributed by atoms with Gasteiger partial charge in [-0.05, 0) is 80.6 Å². The first-order valence-electron chi connectivity index (χ1n) is 11.8. The quantitative estimate of drug-likeness (QED) is 0.704. The molecule has 2 N–H and O–H groups in total. The molecule has 4 fully saturated rings. The minimum absolute atomic E-state index is 0.0957. The van der Waals surface area contributed by atoms with Crippen molar-refractivity contribution in [3.05, 3.63) is 11.8 Å². The molecule has 5 aliphatic rings. The topological polar surface area (TPSA) is 59.6 Å². The van der Waals surface area contributed by atoms with Crippen molar-refractivity contribution in [1.29, 1.82) is 0 Å². The normalized spacial score (nSPS) is 49.2. The highest BCUT2D eigenvalue weighted by Gasteiger charge is 2.62. The molecule has 0 bridgehead atoms. The van der Waals surface area contributed by atoms with Crippen LogP contribution in [0.25, 0.3) is 0 Å². The van der Waals surface area contributed by atoms with E-state index in [9.17, 15) is 4.79 Å². The van der Waals surface area contributed by atoms with Gasteiger partial charge in [-0.2, -0.15) is 0 Å². The van der Waals surface area contributed by atoms with E-state index in [-0.39, 0.29) is 17.6 Å². The zero-order valence-corrected chi connectivity index (χ0v) is 18.3. The van der Waals surface area contributed by atoms with Crippen LogP contribution in [0.3, 0.4) is 0 Å². The molecule has 0 amide bonds. The predicted molar refractivity (Wildman–Crippen MR) is 112 cm³/mol. The molecule has 0 aromatic carbocycles. The molecule has 3 saturated carbocycles. The highest BCUT2D eigenvalue weighted by Crippen LogP contribution is 2.65. The van der Waals surface area contributed by atoms with Gasteiger partial charge in [0.05, 0.1) is 12.2 Å². The van der Waals surface area contributed by atoms with Crippen molar-refractivity contribution >= 4 is 5.78 Å². The van der Waals surface area contributed by atoms with Crippen LogP contribution in [0, 0.1) is 34.5 Å². The minimum atomic E-state index is -0.0957. The maximum Gasteiger partial charge on any atom is 0.139 e. The lowest BCUT2D eigenvalue weighted by molar-refractivity contribution is -0.159. The van der Waals surface area contributed by atoms with Gasteiger partial charge >= 0.3 is 0 Å². The van der Waals surface area contributed by atoms with E-state index in [1.165, 1.54) is 18.5 Å². The number of carbonyl (C=O) groups excluding carboxylic acids is 1. The van der Waals surface area contributed by atoms with Crippen molar-refractivity contribution in [2.75, 3.05) is 20.2 Å². The number of allylic oxidation sites excluding steroid dienone is 2.